The third kappa shape index (κ3) is 2.84. The third-order valence-corrected chi connectivity index (χ3v) is 5.36. The Morgan fingerprint density at radius 2 is 0.897 bits per heavy atom. The van der Waals surface area contributed by atoms with Gasteiger partial charge in [0.25, 0.3) is 5.69 Å². The summed E-state index contributed by atoms with van der Waals surface area (Å²) in [5.41, 5.74) is 4.44. The maximum atomic E-state index is 11.1. The SMILES string of the molecule is O=[N+]([O-])c1ccc(-c2c(-c3ccccc3)c3ccccc3c3ccccc23)cc1. The molecule has 3 nitrogen and oxygen atoms in total. The van der Waals surface area contributed by atoms with E-state index in [-0.39, 0.29) is 10.6 Å². The number of nitrogens with zero attached hydrogens (tertiary/aromatic N) is 1. The van der Waals surface area contributed by atoms with E-state index in [9.17, 15) is 10.1 Å². The third-order valence-electron chi connectivity index (χ3n) is 5.36. The Balaban J connectivity index is 1.96. The summed E-state index contributed by atoms with van der Waals surface area (Å²) in [7, 11) is 0. The van der Waals surface area contributed by atoms with Gasteiger partial charge in [0.05, 0.1) is 4.92 Å². The molecule has 0 bridgehead atoms. The molecule has 0 saturated heterocycles. The summed E-state index contributed by atoms with van der Waals surface area (Å²) in [6.45, 7) is 0. The van der Waals surface area contributed by atoms with E-state index in [1.807, 2.05) is 36.4 Å². The Labute approximate surface area is 168 Å². The standard InChI is InChI=1S/C26H17NO2/c28-27(29)20-16-14-19(15-17-20)26-24-13-7-5-11-22(24)21-10-4-6-12-23(21)25(26)18-8-2-1-3-9-18/h1-17H. The lowest BCUT2D eigenvalue weighted by Crippen LogP contribution is -1.92. The van der Waals surface area contributed by atoms with Gasteiger partial charge in [-0.15, -0.1) is 0 Å². The Hall–Kier alpha value is -3.98. The lowest BCUT2D eigenvalue weighted by molar-refractivity contribution is -0.384. The molecule has 0 N–H and O–H groups in total. The molecule has 0 radical (unpaired) electrons. The molecule has 29 heavy (non-hydrogen) atoms. The van der Waals surface area contributed by atoms with Crippen molar-refractivity contribution >= 4 is 27.2 Å². The molecule has 138 valence electrons. The van der Waals surface area contributed by atoms with Gasteiger partial charge in [0, 0.05) is 12.1 Å². The average molecular weight is 375 g/mol. The molecule has 5 aromatic rings. The Morgan fingerprint density at radius 3 is 1.38 bits per heavy atom. The zero-order valence-corrected chi connectivity index (χ0v) is 15.6. The molecule has 0 amide bonds. The molecule has 0 aliphatic carbocycles. The highest BCUT2D eigenvalue weighted by molar-refractivity contribution is 6.21. The number of non-ortho nitro benzene ring substituents is 1. The van der Waals surface area contributed by atoms with E-state index >= 15 is 0 Å². The largest absolute Gasteiger partial charge is 0.269 e. The van der Waals surface area contributed by atoms with Crippen molar-refractivity contribution in [3.05, 3.63) is 113 Å². The summed E-state index contributed by atoms with van der Waals surface area (Å²) in [5.74, 6) is 0. The van der Waals surface area contributed by atoms with Crippen molar-refractivity contribution in [2.75, 3.05) is 0 Å². The van der Waals surface area contributed by atoms with Crippen LogP contribution in [0.5, 0.6) is 0 Å². The molecule has 3 heteroatoms. The Bertz CT molecular complexity index is 1360. The van der Waals surface area contributed by atoms with Gasteiger partial charge in [-0.25, -0.2) is 0 Å². The topological polar surface area (TPSA) is 43.1 Å². The van der Waals surface area contributed by atoms with Gasteiger partial charge in [-0.1, -0.05) is 78.9 Å². The molecule has 0 unspecified atom stereocenters. The minimum Gasteiger partial charge on any atom is -0.258 e. The van der Waals surface area contributed by atoms with E-state index < -0.39 is 0 Å². The van der Waals surface area contributed by atoms with Gasteiger partial charge in [0.15, 0.2) is 0 Å². The number of nitro groups is 1. The normalized spacial score (nSPS) is 11.0. The van der Waals surface area contributed by atoms with Crippen LogP contribution in [0.1, 0.15) is 0 Å². The van der Waals surface area contributed by atoms with Gasteiger partial charge in [0.2, 0.25) is 0 Å². The second-order valence-corrected chi connectivity index (χ2v) is 7.01. The monoisotopic (exact) mass is 375 g/mol. The number of fused-ring (bicyclic) bond motifs is 3. The Kier molecular flexibility index (Phi) is 4.07. The minimum atomic E-state index is -0.361. The summed E-state index contributed by atoms with van der Waals surface area (Å²) in [5, 5.41) is 15.8. The predicted molar refractivity (Wildman–Crippen MR) is 119 cm³/mol. The number of benzene rings is 5. The molecule has 0 aliphatic heterocycles. The highest BCUT2D eigenvalue weighted by Crippen LogP contribution is 2.44. The van der Waals surface area contributed by atoms with Gasteiger partial charge >= 0.3 is 0 Å². The number of hydrogen-bond donors (Lipinski definition) is 0. The highest BCUT2D eigenvalue weighted by atomic mass is 16.6. The van der Waals surface area contributed by atoms with E-state index in [1.165, 1.54) is 16.2 Å². The van der Waals surface area contributed by atoms with Crippen LogP contribution in [0.2, 0.25) is 0 Å². The predicted octanol–water partition coefficient (Wildman–Crippen LogP) is 7.24. The molecule has 0 fully saturated rings. The lowest BCUT2D eigenvalue weighted by atomic mass is 9.85. The quantitative estimate of drug-likeness (QED) is 0.189. The van der Waals surface area contributed by atoms with Crippen molar-refractivity contribution < 1.29 is 4.92 Å². The summed E-state index contributed by atoms with van der Waals surface area (Å²) < 4.78 is 0. The maximum Gasteiger partial charge on any atom is 0.269 e. The van der Waals surface area contributed by atoms with E-state index in [4.69, 9.17) is 0 Å². The van der Waals surface area contributed by atoms with Crippen LogP contribution in [0.25, 0.3) is 43.8 Å². The molecule has 5 rings (SSSR count). The van der Waals surface area contributed by atoms with Gasteiger partial charge < -0.3 is 0 Å². The minimum absolute atomic E-state index is 0.0973. The van der Waals surface area contributed by atoms with E-state index in [2.05, 4.69) is 54.6 Å². The van der Waals surface area contributed by atoms with Crippen LogP contribution in [-0.4, -0.2) is 4.92 Å². The van der Waals surface area contributed by atoms with Crippen molar-refractivity contribution in [1.29, 1.82) is 0 Å². The molecule has 0 aromatic heterocycles. The molecule has 0 spiro atoms. The molecule has 0 atom stereocenters. The zero-order chi connectivity index (χ0) is 19.8. The molecule has 0 heterocycles. The van der Waals surface area contributed by atoms with Crippen LogP contribution < -0.4 is 0 Å². The first-order valence-electron chi connectivity index (χ1n) is 9.48. The summed E-state index contributed by atoms with van der Waals surface area (Å²) in [4.78, 5) is 10.8. The fraction of sp³-hybridized carbons (Fsp3) is 0. The van der Waals surface area contributed by atoms with Gasteiger partial charge in [0.1, 0.15) is 0 Å². The van der Waals surface area contributed by atoms with Crippen LogP contribution >= 0.6 is 0 Å². The summed E-state index contributed by atoms with van der Waals surface area (Å²) in [6.07, 6.45) is 0. The zero-order valence-electron chi connectivity index (χ0n) is 15.6. The van der Waals surface area contributed by atoms with Crippen molar-refractivity contribution in [2.24, 2.45) is 0 Å². The van der Waals surface area contributed by atoms with Crippen molar-refractivity contribution in [2.45, 2.75) is 0 Å². The number of rotatable bonds is 3. The maximum absolute atomic E-state index is 11.1. The molecular weight excluding hydrogens is 358 g/mol. The van der Waals surface area contributed by atoms with Crippen LogP contribution in [0.15, 0.2) is 103 Å². The van der Waals surface area contributed by atoms with Gasteiger partial charge in [-0.2, -0.15) is 0 Å². The van der Waals surface area contributed by atoms with Crippen molar-refractivity contribution in [1.82, 2.24) is 0 Å². The molecule has 0 aliphatic rings. The molecular formula is C26H17NO2. The number of hydrogen-bond acceptors (Lipinski definition) is 2. The van der Waals surface area contributed by atoms with Crippen LogP contribution in [0.4, 0.5) is 5.69 Å². The lowest BCUT2D eigenvalue weighted by Gasteiger charge is -2.18. The Morgan fingerprint density at radius 1 is 0.483 bits per heavy atom. The first kappa shape index (κ1) is 17.1. The smallest absolute Gasteiger partial charge is 0.258 e. The van der Waals surface area contributed by atoms with E-state index in [0.717, 1.165) is 27.6 Å². The summed E-state index contributed by atoms with van der Waals surface area (Å²) in [6, 6.07) is 34.0. The summed E-state index contributed by atoms with van der Waals surface area (Å²) >= 11 is 0. The van der Waals surface area contributed by atoms with Crippen molar-refractivity contribution in [3.8, 4) is 22.3 Å². The highest BCUT2D eigenvalue weighted by Gasteiger charge is 2.17. The van der Waals surface area contributed by atoms with Crippen molar-refractivity contribution in [3.63, 3.8) is 0 Å². The molecule has 0 saturated carbocycles. The molecule has 5 aromatic carbocycles. The fourth-order valence-corrected chi connectivity index (χ4v) is 4.10. The van der Waals surface area contributed by atoms with Gasteiger partial charge in [-0.3, -0.25) is 10.1 Å². The van der Waals surface area contributed by atoms with E-state index in [0.29, 0.717) is 0 Å². The van der Waals surface area contributed by atoms with Crippen LogP contribution in [-0.2, 0) is 0 Å². The van der Waals surface area contributed by atoms with Crippen LogP contribution in [0, 0.1) is 10.1 Å². The first-order chi connectivity index (χ1) is 14.2. The second-order valence-electron chi connectivity index (χ2n) is 7.01. The van der Waals surface area contributed by atoms with E-state index in [1.54, 1.807) is 12.1 Å². The first-order valence-corrected chi connectivity index (χ1v) is 9.48. The van der Waals surface area contributed by atoms with Crippen LogP contribution in [0.3, 0.4) is 0 Å². The van der Waals surface area contributed by atoms with Gasteiger partial charge in [-0.05, 0) is 55.9 Å². The fourth-order valence-electron chi connectivity index (χ4n) is 4.10. The number of nitro benzene ring substituents is 1. The average Bonchev–Trinajstić information content (AvgIpc) is 2.79. The second kappa shape index (κ2) is 6.88.